The van der Waals surface area contributed by atoms with E-state index in [0.29, 0.717) is 6.54 Å². The number of rotatable bonds is 6. The summed E-state index contributed by atoms with van der Waals surface area (Å²) in [7, 11) is 1.88. The van der Waals surface area contributed by atoms with Crippen molar-refractivity contribution in [3.8, 4) is 12.1 Å². The predicted molar refractivity (Wildman–Crippen MR) is 68.6 cm³/mol. The largest absolute Gasteiger partial charge is 0.370 e. The Hall–Kier alpha value is -2.05. The van der Waals surface area contributed by atoms with Crippen LogP contribution in [-0.2, 0) is 13.6 Å². The molecule has 0 spiro atoms. The third-order valence-corrected chi connectivity index (χ3v) is 2.66. The molecule has 0 aromatic carbocycles. The maximum atomic E-state index is 8.75. The molecule has 18 heavy (non-hydrogen) atoms. The van der Waals surface area contributed by atoms with Gasteiger partial charge in [0, 0.05) is 25.7 Å². The second-order valence-corrected chi connectivity index (χ2v) is 4.03. The Bertz CT molecular complexity index is 460. The van der Waals surface area contributed by atoms with Crippen LogP contribution in [0, 0.1) is 29.6 Å². The summed E-state index contributed by atoms with van der Waals surface area (Å²) in [6, 6.07) is 4.16. The first-order chi connectivity index (χ1) is 8.63. The highest BCUT2D eigenvalue weighted by molar-refractivity contribution is 5.47. The van der Waals surface area contributed by atoms with E-state index in [0.717, 1.165) is 23.6 Å². The van der Waals surface area contributed by atoms with Crippen molar-refractivity contribution in [2.75, 3.05) is 25.0 Å². The molecular formula is C12H18N6. The lowest BCUT2D eigenvalue weighted by molar-refractivity contribution is 0.334. The van der Waals surface area contributed by atoms with E-state index in [2.05, 4.69) is 22.6 Å². The first-order valence-corrected chi connectivity index (χ1v) is 5.86. The molecule has 0 saturated carbocycles. The molecule has 0 unspecified atom stereocenters. The van der Waals surface area contributed by atoms with E-state index in [4.69, 9.17) is 10.5 Å². The van der Waals surface area contributed by atoms with E-state index >= 15 is 0 Å². The second-order valence-electron chi connectivity index (χ2n) is 4.03. The zero-order valence-electron chi connectivity index (χ0n) is 11.1. The number of anilines is 1. The third-order valence-electron chi connectivity index (χ3n) is 2.66. The lowest BCUT2D eigenvalue weighted by atomic mass is 10.2. The maximum absolute atomic E-state index is 8.75. The van der Waals surface area contributed by atoms with Crippen molar-refractivity contribution in [3.05, 3.63) is 11.3 Å². The van der Waals surface area contributed by atoms with Crippen LogP contribution in [0.1, 0.15) is 18.2 Å². The van der Waals surface area contributed by atoms with Crippen molar-refractivity contribution in [1.29, 1.82) is 10.5 Å². The van der Waals surface area contributed by atoms with E-state index in [9.17, 15) is 0 Å². The molecule has 1 rings (SSSR count). The molecule has 1 N–H and O–H groups in total. The van der Waals surface area contributed by atoms with Crippen LogP contribution >= 0.6 is 0 Å². The van der Waals surface area contributed by atoms with Gasteiger partial charge in [0.15, 0.2) is 0 Å². The number of nitrogens with one attached hydrogen (secondary N) is 1. The number of nitrogens with zero attached hydrogens (tertiary/aromatic N) is 5. The standard InChI is InChI=1S/C12H18N6/c1-4-15-12-11(10(2)16-17(12)3)9-18(7-5-13)8-6-14/h15H,4,7-9H2,1-3H3. The van der Waals surface area contributed by atoms with Gasteiger partial charge in [-0.1, -0.05) is 0 Å². The topological polar surface area (TPSA) is 80.7 Å². The van der Waals surface area contributed by atoms with Gasteiger partial charge in [0.1, 0.15) is 5.82 Å². The number of aryl methyl sites for hydroxylation is 2. The minimum atomic E-state index is 0.244. The fourth-order valence-corrected chi connectivity index (χ4v) is 1.87. The van der Waals surface area contributed by atoms with Crippen LogP contribution in [0.25, 0.3) is 0 Å². The molecule has 6 heteroatoms. The molecule has 0 fully saturated rings. The number of nitriles is 2. The van der Waals surface area contributed by atoms with Gasteiger partial charge in [0.2, 0.25) is 0 Å². The van der Waals surface area contributed by atoms with Crippen LogP contribution in [-0.4, -0.2) is 34.3 Å². The van der Waals surface area contributed by atoms with Gasteiger partial charge in [0.05, 0.1) is 30.9 Å². The number of hydrogen-bond donors (Lipinski definition) is 1. The smallest absolute Gasteiger partial charge is 0.128 e. The quantitative estimate of drug-likeness (QED) is 0.758. The minimum absolute atomic E-state index is 0.244. The monoisotopic (exact) mass is 246 g/mol. The Labute approximate surface area is 107 Å². The van der Waals surface area contributed by atoms with Crippen LogP contribution in [0.4, 0.5) is 5.82 Å². The molecule has 1 aromatic rings. The predicted octanol–water partition coefficient (Wildman–Crippen LogP) is 1.01. The highest BCUT2D eigenvalue weighted by Crippen LogP contribution is 2.20. The summed E-state index contributed by atoms with van der Waals surface area (Å²) in [5.41, 5.74) is 1.97. The summed E-state index contributed by atoms with van der Waals surface area (Å²) in [6.45, 7) is 5.81. The Morgan fingerprint density at radius 3 is 2.44 bits per heavy atom. The molecule has 0 aliphatic heterocycles. The molecule has 1 aromatic heterocycles. The second kappa shape index (κ2) is 6.63. The van der Waals surface area contributed by atoms with E-state index in [1.54, 1.807) is 9.58 Å². The van der Waals surface area contributed by atoms with Crippen LogP contribution in [0.3, 0.4) is 0 Å². The van der Waals surface area contributed by atoms with Crippen molar-refractivity contribution < 1.29 is 0 Å². The Kier molecular flexibility index (Phi) is 5.16. The third kappa shape index (κ3) is 3.22. The van der Waals surface area contributed by atoms with Crippen molar-refractivity contribution >= 4 is 5.82 Å². The summed E-state index contributed by atoms with van der Waals surface area (Å²) in [5, 5.41) is 25.1. The molecule has 0 atom stereocenters. The van der Waals surface area contributed by atoms with Crippen LogP contribution in [0.15, 0.2) is 0 Å². The summed E-state index contributed by atoms with van der Waals surface area (Å²) in [4.78, 5) is 1.80. The molecule has 0 aliphatic carbocycles. The Morgan fingerprint density at radius 2 is 1.94 bits per heavy atom. The van der Waals surface area contributed by atoms with E-state index in [1.807, 2.05) is 20.9 Å². The van der Waals surface area contributed by atoms with Gasteiger partial charge in [-0.15, -0.1) is 0 Å². The molecular weight excluding hydrogens is 228 g/mol. The van der Waals surface area contributed by atoms with E-state index in [-0.39, 0.29) is 13.1 Å². The van der Waals surface area contributed by atoms with Crippen LogP contribution < -0.4 is 5.32 Å². The number of hydrogen-bond acceptors (Lipinski definition) is 5. The van der Waals surface area contributed by atoms with Gasteiger partial charge >= 0.3 is 0 Å². The Balaban J connectivity index is 2.94. The SMILES string of the molecule is CCNc1c(CN(CC#N)CC#N)c(C)nn1C. The van der Waals surface area contributed by atoms with Crippen molar-refractivity contribution in [3.63, 3.8) is 0 Å². The van der Waals surface area contributed by atoms with Crippen LogP contribution in [0.2, 0.25) is 0 Å². The molecule has 6 nitrogen and oxygen atoms in total. The van der Waals surface area contributed by atoms with Gasteiger partial charge in [-0.25, -0.2) is 0 Å². The highest BCUT2D eigenvalue weighted by atomic mass is 15.3. The summed E-state index contributed by atoms with van der Waals surface area (Å²) in [5.74, 6) is 0.955. The maximum Gasteiger partial charge on any atom is 0.128 e. The molecule has 1 heterocycles. The zero-order valence-corrected chi connectivity index (χ0v) is 11.1. The first-order valence-electron chi connectivity index (χ1n) is 5.86. The minimum Gasteiger partial charge on any atom is -0.370 e. The molecule has 0 aliphatic rings. The molecule has 0 radical (unpaired) electrons. The van der Waals surface area contributed by atoms with E-state index in [1.165, 1.54) is 0 Å². The van der Waals surface area contributed by atoms with Crippen molar-refractivity contribution in [1.82, 2.24) is 14.7 Å². The summed E-state index contributed by atoms with van der Waals surface area (Å²) in [6.07, 6.45) is 0. The lowest BCUT2D eigenvalue weighted by Gasteiger charge is -2.16. The van der Waals surface area contributed by atoms with Gasteiger partial charge < -0.3 is 5.32 Å². The lowest BCUT2D eigenvalue weighted by Crippen LogP contribution is -2.24. The summed E-state index contributed by atoms with van der Waals surface area (Å²) < 4.78 is 1.80. The van der Waals surface area contributed by atoms with Gasteiger partial charge in [-0.05, 0) is 13.8 Å². The first kappa shape index (κ1) is 14.0. The van der Waals surface area contributed by atoms with E-state index < -0.39 is 0 Å². The molecule has 0 amide bonds. The average Bonchev–Trinajstić information content (AvgIpc) is 2.57. The zero-order chi connectivity index (χ0) is 13.5. The summed E-state index contributed by atoms with van der Waals surface area (Å²) >= 11 is 0. The Morgan fingerprint density at radius 1 is 1.33 bits per heavy atom. The van der Waals surface area contributed by atoms with Crippen molar-refractivity contribution in [2.24, 2.45) is 7.05 Å². The molecule has 0 saturated heterocycles. The fraction of sp³-hybridized carbons (Fsp3) is 0.583. The van der Waals surface area contributed by atoms with Crippen LogP contribution in [0.5, 0.6) is 0 Å². The van der Waals surface area contributed by atoms with Gasteiger partial charge in [0.25, 0.3) is 0 Å². The average molecular weight is 246 g/mol. The van der Waals surface area contributed by atoms with Gasteiger partial charge in [-0.3, -0.25) is 9.58 Å². The van der Waals surface area contributed by atoms with Gasteiger partial charge in [-0.2, -0.15) is 15.6 Å². The highest BCUT2D eigenvalue weighted by Gasteiger charge is 2.15. The number of aromatic nitrogens is 2. The molecule has 0 bridgehead atoms. The molecule has 96 valence electrons. The van der Waals surface area contributed by atoms with Crippen molar-refractivity contribution in [2.45, 2.75) is 20.4 Å². The fourth-order valence-electron chi connectivity index (χ4n) is 1.87. The normalized spacial score (nSPS) is 10.1.